The molecule has 4 fully saturated rings. The molecule has 11 rings (SSSR count). The van der Waals surface area contributed by atoms with E-state index in [9.17, 15) is 19.2 Å². The van der Waals surface area contributed by atoms with Crippen LogP contribution in [0, 0.1) is 17.8 Å². The molecule has 4 aliphatic carbocycles. The molecule has 362 valence electrons. The highest BCUT2D eigenvalue weighted by molar-refractivity contribution is 5.90. The van der Waals surface area contributed by atoms with E-state index in [-0.39, 0.29) is 35.7 Å². The van der Waals surface area contributed by atoms with Crippen molar-refractivity contribution in [3.8, 4) is 33.5 Å². The molecule has 2 bridgehead atoms. The molecule has 4 amide bonds. The summed E-state index contributed by atoms with van der Waals surface area (Å²) in [6.07, 6.45) is 12.0. The van der Waals surface area contributed by atoms with Crippen LogP contribution in [0.3, 0.4) is 0 Å². The summed E-state index contributed by atoms with van der Waals surface area (Å²) in [5.41, 5.74) is 15.3. The number of nitrogens with zero attached hydrogens (tertiary/aromatic N) is 4. The van der Waals surface area contributed by atoms with Gasteiger partial charge >= 0.3 is 12.2 Å². The van der Waals surface area contributed by atoms with Crippen molar-refractivity contribution < 1.29 is 28.7 Å². The Kier molecular flexibility index (Phi) is 11.8. The summed E-state index contributed by atoms with van der Waals surface area (Å²) in [5, 5.41) is 5.57. The van der Waals surface area contributed by atoms with Crippen LogP contribution in [0.25, 0.3) is 44.5 Å². The first-order chi connectivity index (χ1) is 33.5. The number of aromatic amines is 2. The second-order valence-electron chi connectivity index (χ2n) is 21.2. The molecule has 3 aromatic carbocycles. The lowest BCUT2D eigenvalue weighted by Gasteiger charge is -2.32. The fourth-order valence-electron chi connectivity index (χ4n) is 13.3. The Labute approximate surface area is 404 Å². The van der Waals surface area contributed by atoms with Crippen molar-refractivity contribution in [2.24, 2.45) is 17.8 Å². The largest absolute Gasteiger partial charge is 0.453 e. The van der Waals surface area contributed by atoms with Gasteiger partial charge in [-0.05, 0) is 156 Å². The van der Waals surface area contributed by atoms with Crippen LogP contribution in [0.4, 0.5) is 9.59 Å². The highest BCUT2D eigenvalue weighted by atomic mass is 16.5. The number of ether oxygens (including phenoxy) is 2. The molecule has 2 aromatic heterocycles. The first kappa shape index (κ1) is 45.3. The first-order valence-electron chi connectivity index (χ1n) is 25.6. The van der Waals surface area contributed by atoms with E-state index in [1.807, 2.05) is 43.7 Å². The Morgan fingerprint density at radius 3 is 2.00 bits per heavy atom. The predicted molar refractivity (Wildman–Crippen MR) is 263 cm³/mol. The third-order valence-corrected chi connectivity index (χ3v) is 17.2. The third-order valence-electron chi connectivity index (χ3n) is 17.2. The van der Waals surface area contributed by atoms with E-state index >= 15 is 0 Å². The Balaban J connectivity index is 0.898. The van der Waals surface area contributed by atoms with Gasteiger partial charge in [0, 0.05) is 18.7 Å². The van der Waals surface area contributed by atoms with Gasteiger partial charge in [-0.1, -0.05) is 64.4 Å². The van der Waals surface area contributed by atoms with Crippen molar-refractivity contribution in [2.45, 2.75) is 140 Å². The van der Waals surface area contributed by atoms with Gasteiger partial charge in [0.25, 0.3) is 0 Å². The lowest BCUT2D eigenvalue weighted by Crippen LogP contribution is -2.51. The number of carbonyl (C=O) groups excluding carboxylic acids is 4. The molecule has 69 heavy (non-hydrogen) atoms. The molecule has 9 unspecified atom stereocenters. The second kappa shape index (κ2) is 18.0. The topological polar surface area (TPSA) is 175 Å². The van der Waals surface area contributed by atoms with Crippen LogP contribution in [0.15, 0.2) is 48.7 Å². The summed E-state index contributed by atoms with van der Waals surface area (Å²) in [6, 6.07) is 14.3. The summed E-state index contributed by atoms with van der Waals surface area (Å²) >= 11 is 0. The minimum Gasteiger partial charge on any atom is -0.453 e. The molecule has 4 heterocycles. The number of likely N-dealkylation sites (tertiary alicyclic amines) is 2. The van der Waals surface area contributed by atoms with Crippen LogP contribution in [0.1, 0.15) is 156 Å². The molecule has 2 saturated carbocycles. The SMILES string of the molecule is CCC(C)C(NC(=O)OC)C(=O)N1CCCC1c1nc2ccc(-c3ccc(-c4ccc(-c5cnc(C6CCCN6C(=O)C(NC(=O)OC)C(C)C)[nH]5)c5c4C4CCC4C5)c4c3C3CCC4C3)cc2[nH]1. The van der Waals surface area contributed by atoms with E-state index < -0.39 is 24.3 Å². The number of carbonyl (C=O) groups is 4. The Morgan fingerprint density at radius 1 is 0.725 bits per heavy atom. The van der Waals surface area contributed by atoms with Crippen molar-refractivity contribution in [1.82, 2.24) is 40.4 Å². The molecule has 4 N–H and O–H groups in total. The molecular weight excluding hydrogens is 869 g/mol. The van der Waals surface area contributed by atoms with Gasteiger partial charge < -0.3 is 39.9 Å². The number of benzene rings is 3. The van der Waals surface area contributed by atoms with Crippen LogP contribution >= 0.6 is 0 Å². The van der Waals surface area contributed by atoms with Gasteiger partial charge in [-0.25, -0.2) is 19.6 Å². The van der Waals surface area contributed by atoms with Gasteiger partial charge in [0.05, 0.1) is 49.2 Å². The Morgan fingerprint density at radius 2 is 1.35 bits per heavy atom. The maximum absolute atomic E-state index is 14.0. The molecular formula is C55H66N8O6. The standard InChI is InChI=1S/C55H66N8O6/c1-7-29(4)49(61-55(67)69-6)53(65)63-23-9-11-44(63)51-57-40-21-15-31(26-41(40)58-51)34-17-19-37(46-33-13-12-32(24-33)45(34)46)38-20-18-36(39-25-30-14-16-35(30)47(38)39)42-27-56-50(59-42)43-10-8-22-62(43)52(64)48(28(2)3)60-54(66)68-5/h15,17-21,26-30,32-33,35,43-44,48-49H,7-14,16,22-25H2,1-6H3,(H,56,59)(H,57,58)(H,60,66)(H,61,67). The van der Waals surface area contributed by atoms with Crippen LogP contribution in [0.2, 0.25) is 0 Å². The molecule has 0 radical (unpaired) electrons. The quantitative estimate of drug-likeness (QED) is 0.0956. The summed E-state index contributed by atoms with van der Waals surface area (Å²) in [4.78, 5) is 73.6. The van der Waals surface area contributed by atoms with Gasteiger partial charge in [0.15, 0.2) is 0 Å². The zero-order valence-corrected chi connectivity index (χ0v) is 40.8. The second-order valence-corrected chi connectivity index (χ2v) is 21.2. The normalized spacial score (nSPS) is 24.4. The lowest BCUT2D eigenvalue weighted by molar-refractivity contribution is -0.136. The molecule has 9 atom stereocenters. The number of methoxy groups -OCH3 is 2. The molecule has 2 saturated heterocycles. The average Bonchev–Trinajstić information content (AvgIpc) is 4.22. The maximum atomic E-state index is 14.0. The zero-order chi connectivity index (χ0) is 47.8. The summed E-state index contributed by atoms with van der Waals surface area (Å²) in [7, 11) is 2.64. The number of rotatable bonds is 12. The minimum absolute atomic E-state index is 0.0519. The number of hydrogen-bond acceptors (Lipinski definition) is 8. The van der Waals surface area contributed by atoms with E-state index in [1.165, 1.54) is 90.8 Å². The number of alkyl carbamates (subject to hydrolysis) is 2. The minimum atomic E-state index is -0.681. The first-order valence-corrected chi connectivity index (χ1v) is 25.6. The molecule has 2 aliphatic heterocycles. The number of imidazole rings is 2. The van der Waals surface area contributed by atoms with Crippen LogP contribution in [-0.4, -0.2) is 93.1 Å². The molecule has 6 aliphatic rings. The number of H-pyrrole nitrogens is 2. The van der Waals surface area contributed by atoms with Crippen molar-refractivity contribution in [1.29, 1.82) is 0 Å². The fraction of sp³-hybridized carbons (Fsp3) is 0.527. The van der Waals surface area contributed by atoms with Crippen LogP contribution in [-0.2, 0) is 25.5 Å². The van der Waals surface area contributed by atoms with E-state index in [4.69, 9.17) is 19.4 Å². The number of aromatic nitrogens is 4. The number of amides is 4. The van der Waals surface area contributed by atoms with Gasteiger partial charge in [0.2, 0.25) is 11.8 Å². The van der Waals surface area contributed by atoms with Crippen molar-refractivity contribution >= 4 is 35.0 Å². The van der Waals surface area contributed by atoms with Gasteiger partial charge in [-0.15, -0.1) is 0 Å². The molecule has 0 spiro atoms. The fourth-order valence-corrected chi connectivity index (χ4v) is 13.3. The molecule has 14 heteroatoms. The molecule has 5 aromatic rings. The van der Waals surface area contributed by atoms with E-state index in [0.29, 0.717) is 36.8 Å². The van der Waals surface area contributed by atoms with Gasteiger partial charge in [-0.2, -0.15) is 0 Å². The molecule has 14 nitrogen and oxygen atoms in total. The summed E-state index contributed by atoms with van der Waals surface area (Å²) in [6.45, 7) is 9.12. The monoisotopic (exact) mass is 935 g/mol. The van der Waals surface area contributed by atoms with E-state index in [0.717, 1.165) is 66.9 Å². The Hall–Kier alpha value is -6.18. The maximum Gasteiger partial charge on any atom is 0.407 e. The van der Waals surface area contributed by atoms with E-state index in [2.05, 4.69) is 63.1 Å². The highest BCUT2D eigenvalue weighted by Gasteiger charge is 2.46. The smallest absolute Gasteiger partial charge is 0.407 e. The van der Waals surface area contributed by atoms with Gasteiger partial charge in [0.1, 0.15) is 23.7 Å². The predicted octanol–water partition coefficient (Wildman–Crippen LogP) is 10.2. The summed E-state index contributed by atoms with van der Waals surface area (Å²) in [5.74, 6) is 3.50. The van der Waals surface area contributed by atoms with E-state index in [1.54, 1.807) is 5.56 Å². The number of hydrogen-bond donors (Lipinski definition) is 4. The van der Waals surface area contributed by atoms with Crippen LogP contribution in [0.5, 0.6) is 0 Å². The van der Waals surface area contributed by atoms with Crippen molar-refractivity contribution in [3.63, 3.8) is 0 Å². The van der Waals surface area contributed by atoms with Gasteiger partial charge in [-0.3, -0.25) is 9.59 Å². The zero-order valence-electron chi connectivity index (χ0n) is 40.8. The number of nitrogens with one attached hydrogen (secondary N) is 4. The summed E-state index contributed by atoms with van der Waals surface area (Å²) < 4.78 is 9.74. The average molecular weight is 935 g/mol. The van der Waals surface area contributed by atoms with Crippen molar-refractivity contribution in [2.75, 3.05) is 27.3 Å². The number of fused-ring (bicyclic) bond motifs is 9. The third kappa shape index (κ3) is 7.67. The highest BCUT2D eigenvalue weighted by Crippen LogP contribution is 2.61. The van der Waals surface area contributed by atoms with Crippen molar-refractivity contribution in [3.05, 3.63) is 82.6 Å². The Bertz CT molecular complexity index is 2850. The lowest BCUT2D eigenvalue weighted by atomic mass is 9.72. The van der Waals surface area contributed by atoms with Crippen LogP contribution < -0.4 is 10.6 Å².